The topological polar surface area (TPSA) is 64.0 Å². The van der Waals surface area contributed by atoms with Crippen LogP contribution in [0.25, 0.3) is 10.9 Å². The van der Waals surface area contributed by atoms with Gasteiger partial charge in [-0.15, -0.1) is 0 Å². The Kier molecular flexibility index (Phi) is 6.98. The number of thioether (sulfide) groups is 1. The van der Waals surface area contributed by atoms with Crippen LogP contribution in [-0.4, -0.2) is 21.2 Å². The van der Waals surface area contributed by atoms with E-state index in [1.54, 1.807) is 22.8 Å². The number of hydrogen-bond donors (Lipinski definition) is 1. The van der Waals surface area contributed by atoms with Crippen molar-refractivity contribution in [3.63, 3.8) is 0 Å². The highest BCUT2D eigenvalue weighted by molar-refractivity contribution is 7.99. The predicted octanol–water partition coefficient (Wildman–Crippen LogP) is 4.42. The first-order chi connectivity index (χ1) is 13.8. The molecule has 1 aromatic heterocycles. The van der Waals surface area contributed by atoms with Gasteiger partial charge in [0.1, 0.15) is 0 Å². The highest BCUT2D eigenvalue weighted by Gasteiger charge is 2.14. The van der Waals surface area contributed by atoms with Crippen LogP contribution in [0.5, 0.6) is 0 Å². The van der Waals surface area contributed by atoms with Gasteiger partial charge in [0, 0.05) is 18.1 Å². The molecule has 3 aromatic rings. The van der Waals surface area contributed by atoms with E-state index in [2.05, 4.69) is 10.3 Å². The first-order valence-corrected chi connectivity index (χ1v) is 10.8. The van der Waals surface area contributed by atoms with Gasteiger partial charge < -0.3 is 5.32 Å². The fourth-order valence-corrected chi connectivity index (χ4v) is 3.91. The lowest BCUT2D eigenvalue weighted by atomic mass is 10.1. The molecule has 0 aliphatic rings. The lowest BCUT2D eigenvalue weighted by Crippen LogP contribution is -2.27. The molecule has 7 heteroatoms. The highest BCUT2D eigenvalue weighted by atomic mass is 35.5. The van der Waals surface area contributed by atoms with E-state index in [1.807, 2.05) is 45.0 Å². The highest BCUT2D eigenvalue weighted by Crippen LogP contribution is 2.21. The molecule has 0 aliphatic heterocycles. The maximum atomic E-state index is 13.0. The van der Waals surface area contributed by atoms with Crippen LogP contribution < -0.4 is 10.9 Å². The number of nitrogens with zero attached hydrogens (tertiary/aromatic N) is 2. The summed E-state index contributed by atoms with van der Waals surface area (Å²) in [6, 6.07) is 13.1. The van der Waals surface area contributed by atoms with Crippen molar-refractivity contribution in [2.75, 3.05) is 5.75 Å². The van der Waals surface area contributed by atoms with Gasteiger partial charge in [0.2, 0.25) is 5.91 Å². The Balaban J connectivity index is 1.75. The third kappa shape index (κ3) is 5.61. The second kappa shape index (κ2) is 9.46. The summed E-state index contributed by atoms with van der Waals surface area (Å²) in [4.78, 5) is 29.9. The summed E-state index contributed by atoms with van der Waals surface area (Å²) in [7, 11) is 0. The first kappa shape index (κ1) is 21.4. The van der Waals surface area contributed by atoms with Gasteiger partial charge in [0.15, 0.2) is 5.16 Å². The van der Waals surface area contributed by atoms with Gasteiger partial charge in [-0.2, -0.15) is 0 Å². The van der Waals surface area contributed by atoms with Gasteiger partial charge in [-0.1, -0.05) is 67.0 Å². The molecule has 1 heterocycles. The molecule has 0 spiro atoms. The standard InChI is InChI=1S/C22H24ClN3O2S/c1-14(2)12-26-21(28)18-10-17(23)8-9-19(18)25-22(26)29-13-20(27)24-11-16-6-4-15(3)5-7-16/h4-10,14H,11-13H2,1-3H3,(H,24,27). The summed E-state index contributed by atoms with van der Waals surface area (Å²) in [5.74, 6) is 0.355. The third-order valence-electron chi connectivity index (χ3n) is 4.37. The number of nitrogens with one attached hydrogen (secondary N) is 1. The number of hydrogen-bond acceptors (Lipinski definition) is 4. The number of aromatic nitrogens is 2. The van der Waals surface area contributed by atoms with Crippen LogP contribution in [0.1, 0.15) is 25.0 Å². The number of amides is 1. The smallest absolute Gasteiger partial charge is 0.262 e. The van der Waals surface area contributed by atoms with Crippen LogP contribution in [0.4, 0.5) is 0 Å². The van der Waals surface area contributed by atoms with Crippen molar-refractivity contribution in [1.82, 2.24) is 14.9 Å². The van der Waals surface area contributed by atoms with Crippen molar-refractivity contribution >= 4 is 40.2 Å². The lowest BCUT2D eigenvalue weighted by molar-refractivity contribution is -0.118. The number of carbonyl (C=O) groups is 1. The zero-order chi connectivity index (χ0) is 21.0. The summed E-state index contributed by atoms with van der Waals surface area (Å²) in [6.45, 7) is 7.11. The molecule has 0 fully saturated rings. The van der Waals surface area contributed by atoms with Crippen molar-refractivity contribution in [3.8, 4) is 0 Å². The molecule has 0 saturated carbocycles. The number of aryl methyl sites for hydroxylation is 1. The van der Waals surface area contributed by atoms with E-state index in [0.29, 0.717) is 34.2 Å². The van der Waals surface area contributed by atoms with Crippen LogP contribution in [0, 0.1) is 12.8 Å². The van der Waals surface area contributed by atoms with E-state index in [4.69, 9.17) is 11.6 Å². The van der Waals surface area contributed by atoms with E-state index in [9.17, 15) is 9.59 Å². The Hall–Kier alpha value is -2.31. The van der Waals surface area contributed by atoms with Crippen LogP contribution in [0.3, 0.4) is 0 Å². The van der Waals surface area contributed by atoms with Gasteiger partial charge in [-0.25, -0.2) is 4.98 Å². The number of halogens is 1. The molecule has 1 N–H and O–H groups in total. The van der Waals surface area contributed by atoms with Crippen molar-refractivity contribution < 1.29 is 4.79 Å². The molecular weight excluding hydrogens is 406 g/mol. The van der Waals surface area contributed by atoms with E-state index >= 15 is 0 Å². The van der Waals surface area contributed by atoms with Crippen molar-refractivity contribution in [3.05, 3.63) is 69.0 Å². The molecule has 0 unspecified atom stereocenters. The number of fused-ring (bicyclic) bond motifs is 1. The molecule has 3 rings (SSSR count). The monoisotopic (exact) mass is 429 g/mol. The van der Waals surface area contributed by atoms with E-state index in [-0.39, 0.29) is 23.1 Å². The second-order valence-electron chi connectivity index (χ2n) is 7.42. The molecule has 0 aliphatic carbocycles. The average Bonchev–Trinajstić information content (AvgIpc) is 2.68. The average molecular weight is 430 g/mol. The molecule has 1 amide bonds. The molecule has 29 heavy (non-hydrogen) atoms. The van der Waals surface area contributed by atoms with E-state index in [0.717, 1.165) is 5.56 Å². The summed E-state index contributed by atoms with van der Waals surface area (Å²) in [6.07, 6.45) is 0. The van der Waals surface area contributed by atoms with Crippen molar-refractivity contribution in [1.29, 1.82) is 0 Å². The molecule has 0 atom stereocenters. The Morgan fingerprint density at radius 1 is 1.21 bits per heavy atom. The van der Waals surface area contributed by atoms with E-state index < -0.39 is 0 Å². The zero-order valence-electron chi connectivity index (χ0n) is 16.7. The van der Waals surface area contributed by atoms with Gasteiger partial charge in [-0.3, -0.25) is 14.2 Å². The Labute approximate surface area is 179 Å². The van der Waals surface area contributed by atoms with Gasteiger partial charge in [0.05, 0.1) is 16.7 Å². The SMILES string of the molecule is Cc1ccc(CNC(=O)CSc2nc3ccc(Cl)cc3c(=O)n2CC(C)C)cc1. The summed E-state index contributed by atoms with van der Waals surface area (Å²) in [5, 5.41) is 4.46. The maximum Gasteiger partial charge on any atom is 0.262 e. The minimum absolute atomic E-state index is 0.0999. The number of rotatable bonds is 7. The second-order valence-corrected chi connectivity index (χ2v) is 8.80. The van der Waals surface area contributed by atoms with Gasteiger partial charge in [-0.05, 0) is 36.6 Å². The Bertz CT molecular complexity index is 1080. The van der Waals surface area contributed by atoms with E-state index in [1.165, 1.54) is 17.3 Å². The fourth-order valence-electron chi connectivity index (χ4n) is 2.90. The minimum Gasteiger partial charge on any atom is -0.351 e. The molecule has 0 saturated heterocycles. The Morgan fingerprint density at radius 2 is 1.93 bits per heavy atom. The third-order valence-corrected chi connectivity index (χ3v) is 5.58. The van der Waals surface area contributed by atoms with Crippen LogP contribution in [-0.2, 0) is 17.9 Å². The fraction of sp³-hybridized carbons (Fsp3) is 0.318. The van der Waals surface area contributed by atoms with Crippen LogP contribution in [0.2, 0.25) is 5.02 Å². The molecule has 152 valence electrons. The van der Waals surface area contributed by atoms with Gasteiger partial charge >= 0.3 is 0 Å². The summed E-state index contributed by atoms with van der Waals surface area (Å²) in [5.41, 5.74) is 2.68. The molecule has 5 nitrogen and oxygen atoms in total. The van der Waals surface area contributed by atoms with Crippen LogP contribution in [0.15, 0.2) is 52.4 Å². The first-order valence-electron chi connectivity index (χ1n) is 9.48. The molecule has 0 bridgehead atoms. The van der Waals surface area contributed by atoms with Crippen molar-refractivity contribution in [2.24, 2.45) is 5.92 Å². The molecular formula is C22H24ClN3O2S. The lowest BCUT2D eigenvalue weighted by Gasteiger charge is -2.15. The molecule has 2 aromatic carbocycles. The van der Waals surface area contributed by atoms with Crippen molar-refractivity contribution in [2.45, 2.75) is 39.0 Å². The largest absolute Gasteiger partial charge is 0.351 e. The molecule has 0 radical (unpaired) electrons. The zero-order valence-corrected chi connectivity index (χ0v) is 18.3. The maximum absolute atomic E-state index is 13.0. The minimum atomic E-state index is -0.131. The summed E-state index contributed by atoms with van der Waals surface area (Å²) < 4.78 is 1.64. The Morgan fingerprint density at radius 3 is 2.62 bits per heavy atom. The van der Waals surface area contributed by atoms with Gasteiger partial charge in [0.25, 0.3) is 5.56 Å². The summed E-state index contributed by atoms with van der Waals surface area (Å²) >= 11 is 7.33. The number of carbonyl (C=O) groups excluding carboxylic acids is 1. The predicted molar refractivity (Wildman–Crippen MR) is 120 cm³/mol. The van der Waals surface area contributed by atoms with Crippen LogP contribution >= 0.6 is 23.4 Å². The quantitative estimate of drug-likeness (QED) is 0.446. The number of benzene rings is 2. The normalized spacial score (nSPS) is 11.2.